The number of anilines is 2. The minimum absolute atomic E-state index is 0.0231. The Hall–Kier alpha value is -7.12. The van der Waals surface area contributed by atoms with Crippen molar-refractivity contribution in [1.82, 2.24) is 9.88 Å². The lowest BCUT2D eigenvalue weighted by atomic mass is 9.78. The number of aliphatic hydroxyl groups excluding tert-OH is 3. The summed E-state index contributed by atoms with van der Waals surface area (Å²) in [6.45, 7) is 15.4. The van der Waals surface area contributed by atoms with Gasteiger partial charge in [0.2, 0.25) is 10.9 Å². The van der Waals surface area contributed by atoms with E-state index in [0.29, 0.717) is 69.2 Å². The van der Waals surface area contributed by atoms with Crippen LogP contribution in [-0.4, -0.2) is 130 Å². The van der Waals surface area contributed by atoms with E-state index in [1.807, 2.05) is 4.90 Å². The van der Waals surface area contributed by atoms with Gasteiger partial charge < -0.3 is 58.7 Å². The number of esters is 1. The van der Waals surface area contributed by atoms with E-state index < -0.39 is 99.2 Å². The molecule has 4 aromatic carbocycles. The molecule has 1 amide bonds. The zero-order valence-corrected chi connectivity index (χ0v) is 49.5. The number of benzene rings is 4. The Morgan fingerprint density at radius 3 is 2.28 bits per heavy atom. The number of phenols is 1. The lowest BCUT2D eigenvalue weighted by molar-refractivity contribution is -0.160. The van der Waals surface area contributed by atoms with Crippen molar-refractivity contribution in [3.63, 3.8) is 0 Å². The standard InChI is InChI=1S/C60H70N4O17P2/c1-30-12-10-13-31(2)59(73)62-50-54(71)46-45(47-56(35(6)53(46)70)81-60(8,58(47)72)78-27-20-42(76-9)32(3)55(79-36(7)65)34(5)52(69)33(4)51(30)68)49-57(50)80-43-29-38(28-41(67)48(43)61-49)64-24-22-63(23-25-64)21-19-40(66)37-15-17-39(18-16-37)77-26-11-14-44(82-74)83-75/h10,12-13,15-18,20,27-30,32-34,42,44,51-52,55,68-70,72H,11,14,19,21-26H2,1-9H3,(H,62,73)/b12-10+,27-20+,31-13-/t30-,32+,33+,34+,42-,51-,52+,55+,60-/m0/s1. The number of amides is 1. The summed E-state index contributed by atoms with van der Waals surface area (Å²) in [7, 11) is 1.09. The number of fused-ring (bicyclic) bond motifs is 2. The summed E-state index contributed by atoms with van der Waals surface area (Å²) in [6.07, 6.45) is 4.66. The van der Waals surface area contributed by atoms with Crippen LogP contribution in [0.1, 0.15) is 83.7 Å². The summed E-state index contributed by atoms with van der Waals surface area (Å²) in [4.78, 5) is 78.2. The quantitative estimate of drug-likeness (QED) is 0.0176. The Balaban J connectivity index is 1.14. The molecule has 1 saturated heterocycles. The van der Waals surface area contributed by atoms with E-state index in [2.05, 4.69) is 10.2 Å². The number of ether oxygens (including phenoxy) is 5. The van der Waals surface area contributed by atoms with Crippen molar-refractivity contribution in [2.75, 3.05) is 56.7 Å². The SMILES string of the molecule is CO[C@H]1/C=C/O[C@@]2(C)Oc3c(C)c(O)c4c(=O)c(c5oc6cc(N7CCN(CCC(=O)c8ccc(OCCCC(P=O)P=O)cc8)CC7)cc(=O)c6nc5c4c3=C2O)NC(=O)/C(C)=C\C=C\[C@H](C)[C@H](O)[C@@H](C)[C@@H](O)[C@@H](C)[C@H](OC(C)=O)[C@@H]1C. The third-order valence-electron chi connectivity index (χ3n) is 16.1. The first kappa shape index (κ1) is 61.9. The lowest BCUT2D eigenvalue weighted by Crippen LogP contribution is -2.47. The van der Waals surface area contributed by atoms with Gasteiger partial charge in [0.1, 0.15) is 40.0 Å². The first-order valence-electron chi connectivity index (χ1n) is 27.5. The number of hydrogen-bond donors (Lipinski definition) is 5. The van der Waals surface area contributed by atoms with Crippen molar-refractivity contribution < 1.29 is 72.0 Å². The van der Waals surface area contributed by atoms with Gasteiger partial charge >= 0.3 is 11.8 Å². The lowest BCUT2D eigenvalue weighted by Gasteiger charge is -2.38. The van der Waals surface area contributed by atoms with Crippen LogP contribution in [0.5, 0.6) is 17.2 Å². The molecule has 5 N–H and O–H groups in total. The number of carbonyl (C=O) groups is 3. The number of Topliss-reactive ketones (excluding diaryl/α,β-unsaturated/α-hetero) is 1. The molecular weight excluding hydrogens is 1110 g/mol. The molecule has 9 atom stereocenters. The number of aromatic hydroxyl groups is 1. The van der Waals surface area contributed by atoms with Gasteiger partial charge in [-0.2, -0.15) is 0 Å². The number of ketones is 1. The van der Waals surface area contributed by atoms with Crippen LogP contribution in [0.15, 0.2) is 86.5 Å². The number of aliphatic hydroxyl groups is 3. The molecule has 4 heterocycles. The van der Waals surface area contributed by atoms with Crippen LogP contribution in [0.25, 0.3) is 38.7 Å². The third-order valence-corrected chi connectivity index (χ3v) is 17.7. The van der Waals surface area contributed by atoms with E-state index in [1.54, 1.807) is 70.2 Å². The maximum atomic E-state index is 15.0. The van der Waals surface area contributed by atoms with Gasteiger partial charge in [-0.05, 0) is 57.0 Å². The molecule has 8 rings (SSSR count). The highest BCUT2D eigenvalue weighted by Crippen LogP contribution is 2.42. The van der Waals surface area contributed by atoms with Crippen LogP contribution in [-0.2, 0) is 32.9 Å². The highest BCUT2D eigenvalue weighted by Gasteiger charge is 2.44. The van der Waals surface area contributed by atoms with E-state index in [1.165, 1.54) is 59.3 Å². The topological polar surface area (TPSA) is 291 Å². The Bertz CT molecular complexity index is 3590. The fraction of sp³-hybridized carbons (Fsp3) is 0.467. The zero-order chi connectivity index (χ0) is 60.2. The number of piperazine rings is 1. The normalized spacial score (nSPS) is 26.6. The van der Waals surface area contributed by atoms with Crippen molar-refractivity contribution in [1.29, 1.82) is 0 Å². The molecule has 1 aromatic heterocycles. The molecule has 21 nitrogen and oxygen atoms in total. The molecule has 83 heavy (non-hydrogen) atoms. The van der Waals surface area contributed by atoms with E-state index in [-0.39, 0.29) is 84.2 Å². The maximum absolute atomic E-state index is 15.0. The molecule has 0 saturated carbocycles. The predicted molar refractivity (Wildman–Crippen MR) is 313 cm³/mol. The number of allylic oxidation sites excluding steroid dienone is 2. The van der Waals surface area contributed by atoms with E-state index in [9.17, 15) is 48.7 Å². The molecule has 3 aliphatic heterocycles. The maximum Gasteiger partial charge on any atom is 0.307 e. The fourth-order valence-corrected chi connectivity index (χ4v) is 11.7. The summed E-state index contributed by atoms with van der Waals surface area (Å²) < 4.78 is 58.4. The minimum Gasteiger partial charge on any atom is -0.507 e. The van der Waals surface area contributed by atoms with Crippen molar-refractivity contribution in [2.45, 2.75) is 110 Å². The Labute approximate surface area is 482 Å². The summed E-state index contributed by atoms with van der Waals surface area (Å²) in [6, 6.07) is 9.88. The van der Waals surface area contributed by atoms with E-state index in [4.69, 9.17) is 33.1 Å². The van der Waals surface area contributed by atoms with Gasteiger partial charge in [0.15, 0.2) is 45.1 Å². The van der Waals surface area contributed by atoms with Gasteiger partial charge in [0.05, 0.1) is 41.8 Å². The summed E-state index contributed by atoms with van der Waals surface area (Å²) in [5.41, 5.74) is -1.42. The van der Waals surface area contributed by atoms with Crippen LogP contribution in [0, 0.1) is 30.6 Å². The van der Waals surface area contributed by atoms with E-state index >= 15 is 4.79 Å². The summed E-state index contributed by atoms with van der Waals surface area (Å²) >= 11 is 0. The van der Waals surface area contributed by atoms with Crippen LogP contribution < -0.4 is 35.8 Å². The number of aromatic nitrogens is 1. The number of carbonyl (C=O) groups excluding carboxylic acids is 3. The van der Waals surface area contributed by atoms with Crippen molar-refractivity contribution in [3.05, 3.63) is 109 Å². The van der Waals surface area contributed by atoms with Crippen LogP contribution in [0.3, 0.4) is 0 Å². The van der Waals surface area contributed by atoms with Gasteiger partial charge in [-0.25, -0.2) is 4.98 Å². The molecular formula is C60H70N4O17P2. The van der Waals surface area contributed by atoms with E-state index in [0.717, 1.165) is 0 Å². The van der Waals surface area contributed by atoms with Crippen LogP contribution in [0.2, 0.25) is 0 Å². The average Bonchev–Trinajstić information content (AvgIpc) is 2.88. The monoisotopic (exact) mass is 1180 g/mol. The van der Waals surface area contributed by atoms with Gasteiger partial charge in [0, 0.05) is 124 Å². The molecule has 0 unspecified atom stereocenters. The number of nitrogens with one attached hydrogen (secondary N) is 1. The first-order valence-corrected chi connectivity index (χ1v) is 29.3. The predicted octanol–water partition coefficient (Wildman–Crippen LogP) is 8.02. The average molecular weight is 1180 g/mol. The van der Waals surface area contributed by atoms with Crippen LogP contribution >= 0.6 is 16.9 Å². The second-order valence-corrected chi connectivity index (χ2v) is 23.8. The number of rotatable bonds is 14. The fourth-order valence-electron chi connectivity index (χ4n) is 11.0. The van der Waals surface area contributed by atoms with Crippen molar-refractivity contribution in [2.24, 2.45) is 23.7 Å². The van der Waals surface area contributed by atoms with Gasteiger partial charge in [-0.3, -0.25) is 38.0 Å². The Kier molecular flexibility index (Phi) is 19.6. The van der Waals surface area contributed by atoms with Gasteiger partial charge in [-0.1, -0.05) is 45.9 Å². The molecule has 5 aromatic rings. The first-order chi connectivity index (χ1) is 39.5. The zero-order valence-electron chi connectivity index (χ0n) is 47.7. The van der Waals surface area contributed by atoms with Crippen LogP contribution in [0.4, 0.5) is 11.4 Å². The third kappa shape index (κ3) is 13.0. The molecule has 3 aliphatic rings. The molecule has 442 valence electrons. The molecule has 1 fully saturated rings. The number of phenolic OH excluding ortho intramolecular Hbond substituents is 1. The van der Waals surface area contributed by atoms with Gasteiger partial charge in [0.25, 0.3) is 5.91 Å². The molecule has 0 aliphatic carbocycles. The number of hydrogen-bond acceptors (Lipinski definition) is 20. The largest absolute Gasteiger partial charge is 0.507 e. The number of methoxy groups -OCH3 is 1. The highest BCUT2D eigenvalue weighted by molar-refractivity contribution is 7.44. The Morgan fingerprint density at radius 2 is 1.61 bits per heavy atom. The Morgan fingerprint density at radius 1 is 0.916 bits per heavy atom. The van der Waals surface area contributed by atoms with Gasteiger partial charge in [-0.15, -0.1) is 0 Å². The second kappa shape index (κ2) is 26.2. The molecule has 4 bridgehead atoms. The number of nitrogens with zero attached hydrogens (tertiary/aromatic N) is 3. The summed E-state index contributed by atoms with van der Waals surface area (Å²) in [5, 5.41) is 49.0. The van der Waals surface area contributed by atoms with Crippen molar-refractivity contribution >= 4 is 84.7 Å². The second-order valence-electron chi connectivity index (χ2n) is 21.7. The highest BCUT2D eigenvalue weighted by atomic mass is 31.1. The minimum atomic E-state index is -2.03. The molecule has 0 spiro atoms. The van der Waals surface area contributed by atoms with Crippen molar-refractivity contribution in [3.8, 4) is 17.2 Å². The molecule has 23 heteroatoms. The summed E-state index contributed by atoms with van der Waals surface area (Å²) in [5.74, 6) is -6.72. The molecule has 0 radical (unpaired) electrons. The smallest absolute Gasteiger partial charge is 0.307 e.